The normalized spacial score (nSPS) is 11.4. The van der Waals surface area contributed by atoms with Crippen molar-refractivity contribution in [3.63, 3.8) is 0 Å². The molecule has 7 nitrogen and oxygen atoms in total. The van der Waals surface area contributed by atoms with E-state index in [0.29, 0.717) is 28.8 Å². The Morgan fingerprint density at radius 2 is 1.85 bits per heavy atom. The van der Waals surface area contributed by atoms with E-state index < -0.39 is 21.6 Å². The van der Waals surface area contributed by atoms with Crippen molar-refractivity contribution in [1.29, 1.82) is 0 Å². The molecule has 4 rings (SSSR count). The average Bonchev–Trinajstić information content (AvgIpc) is 3.37. The van der Waals surface area contributed by atoms with E-state index in [0.717, 1.165) is 11.3 Å². The Hall–Kier alpha value is -3.85. The number of anilines is 2. The molecular formula is C25H25FN4O3S. The molecule has 0 aliphatic carbocycles. The van der Waals surface area contributed by atoms with Crippen LogP contribution in [0.25, 0.3) is 11.1 Å². The second-order valence-electron chi connectivity index (χ2n) is 7.74. The standard InChI is InChI=1S/C25H25FN4O3S/c1-3-17-12-25(31)23(26)13-21(17)20-10-7-11-24(22(20)16-27-18-14-28-29-15-18)30(2)34(32,33)19-8-5-4-6-9-19/h4-15,27,31H,3,16H2,1-2H3,(H,28,29). The lowest BCUT2D eigenvalue weighted by Crippen LogP contribution is -2.28. The highest BCUT2D eigenvalue weighted by Gasteiger charge is 2.25. The molecule has 0 radical (unpaired) electrons. The number of nitrogens with zero attached hydrogens (tertiary/aromatic N) is 2. The monoisotopic (exact) mass is 480 g/mol. The van der Waals surface area contributed by atoms with E-state index in [1.54, 1.807) is 54.9 Å². The Morgan fingerprint density at radius 3 is 2.53 bits per heavy atom. The molecule has 176 valence electrons. The minimum Gasteiger partial charge on any atom is -0.505 e. The number of rotatable bonds is 8. The largest absolute Gasteiger partial charge is 0.505 e. The Labute approximate surface area is 197 Å². The van der Waals surface area contributed by atoms with Crippen LogP contribution in [0, 0.1) is 5.82 Å². The van der Waals surface area contributed by atoms with Gasteiger partial charge in [0, 0.05) is 25.4 Å². The van der Waals surface area contributed by atoms with E-state index in [2.05, 4.69) is 15.5 Å². The predicted octanol–water partition coefficient (Wildman–Crippen LogP) is 4.92. The van der Waals surface area contributed by atoms with E-state index >= 15 is 0 Å². The Kier molecular flexibility index (Phi) is 6.56. The molecule has 34 heavy (non-hydrogen) atoms. The first-order valence-corrected chi connectivity index (χ1v) is 12.2. The molecule has 0 aliphatic rings. The fraction of sp³-hybridized carbons (Fsp3) is 0.160. The van der Waals surface area contributed by atoms with Crippen molar-refractivity contribution in [3.05, 3.63) is 90.0 Å². The van der Waals surface area contributed by atoms with E-state index in [-0.39, 0.29) is 11.4 Å². The maximum Gasteiger partial charge on any atom is 0.264 e. The molecule has 1 aromatic heterocycles. The molecular weight excluding hydrogens is 455 g/mol. The number of benzene rings is 3. The molecule has 1 heterocycles. The maximum absolute atomic E-state index is 14.4. The molecule has 0 fully saturated rings. The number of aromatic amines is 1. The van der Waals surface area contributed by atoms with E-state index in [9.17, 15) is 17.9 Å². The lowest BCUT2D eigenvalue weighted by Gasteiger charge is -2.25. The van der Waals surface area contributed by atoms with Gasteiger partial charge in [0.25, 0.3) is 10.0 Å². The number of aromatic nitrogens is 2. The number of phenols is 1. The van der Waals surface area contributed by atoms with Gasteiger partial charge in [-0.1, -0.05) is 37.3 Å². The first kappa shape index (κ1) is 23.3. The molecule has 0 aliphatic heterocycles. The van der Waals surface area contributed by atoms with Gasteiger partial charge in [0.05, 0.1) is 22.5 Å². The lowest BCUT2D eigenvalue weighted by molar-refractivity contribution is 0.432. The number of nitrogens with one attached hydrogen (secondary N) is 2. The number of hydrogen-bond acceptors (Lipinski definition) is 5. The molecule has 3 N–H and O–H groups in total. The molecule has 4 aromatic rings. The van der Waals surface area contributed by atoms with Gasteiger partial charge in [0.15, 0.2) is 11.6 Å². The van der Waals surface area contributed by atoms with Crippen LogP contribution in [0.15, 0.2) is 78.0 Å². The molecule has 0 saturated carbocycles. The van der Waals surface area contributed by atoms with Crippen molar-refractivity contribution in [2.24, 2.45) is 0 Å². The summed E-state index contributed by atoms with van der Waals surface area (Å²) < 4.78 is 42.4. The van der Waals surface area contributed by atoms with Gasteiger partial charge in [-0.2, -0.15) is 5.10 Å². The molecule has 0 saturated heterocycles. The van der Waals surface area contributed by atoms with Crippen molar-refractivity contribution < 1.29 is 17.9 Å². The number of aromatic hydroxyl groups is 1. The van der Waals surface area contributed by atoms with Crippen LogP contribution in [0.3, 0.4) is 0 Å². The number of H-pyrrole nitrogens is 1. The zero-order valence-electron chi connectivity index (χ0n) is 18.8. The highest BCUT2D eigenvalue weighted by Crippen LogP contribution is 2.37. The van der Waals surface area contributed by atoms with Crippen molar-refractivity contribution in [2.45, 2.75) is 24.8 Å². The van der Waals surface area contributed by atoms with Crippen LogP contribution in [0.2, 0.25) is 0 Å². The van der Waals surface area contributed by atoms with Crippen LogP contribution in [0.5, 0.6) is 5.75 Å². The van der Waals surface area contributed by atoms with Crippen LogP contribution >= 0.6 is 0 Å². The number of aryl methyl sites for hydroxylation is 1. The fourth-order valence-electron chi connectivity index (χ4n) is 3.87. The van der Waals surface area contributed by atoms with Gasteiger partial charge < -0.3 is 10.4 Å². The molecule has 0 atom stereocenters. The smallest absolute Gasteiger partial charge is 0.264 e. The SMILES string of the molecule is CCc1cc(O)c(F)cc1-c1cccc(N(C)S(=O)(=O)c2ccccc2)c1CNc1cn[nH]c1. The van der Waals surface area contributed by atoms with E-state index in [1.165, 1.54) is 23.5 Å². The topological polar surface area (TPSA) is 98.3 Å². The predicted molar refractivity (Wildman–Crippen MR) is 131 cm³/mol. The summed E-state index contributed by atoms with van der Waals surface area (Å²) in [5.41, 5.74) is 3.84. The van der Waals surface area contributed by atoms with Crippen molar-refractivity contribution >= 4 is 21.4 Å². The molecule has 0 bridgehead atoms. The maximum atomic E-state index is 14.4. The number of hydrogen-bond donors (Lipinski definition) is 3. The first-order valence-electron chi connectivity index (χ1n) is 10.7. The lowest BCUT2D eigenvalue weighted by atomic mass is 9.92. The minimum absolute atomic E-state index is 0.168. The van der Waals surface area contributed by atoms with Gasteiger partial charge in [-0.05, 0) is 53.4 Å². The highest BCUT2D eigenvalue weighted by atomic mass is 32.2. The van der Waals surface area contributed by atoms with E-state index in [4.69, 9.17) is 0 Å². The van der Waals surface area contributed by atoms with Gasteiger partial charge in [0.2, 0.25) is 0 Å². The zero-order chi connectivity index (χ0) is 24.3. The number of sulfonamides is 1. The number of phenolic OH excluding ortho intramolecular Hbond substituents is 1. The Balaban J connectivity index is 1.88. The molecule has 0 amide bonds. The van der Waals surface area contributed by atoms with Crippen molar-refractivity contribution in [1.82, 2.24) is 10.2 Å². The Bertz CT molecular complexity index is 1390. The second kappa shape index (κ2) is 9.56. The molecule has 0 spiro atoms. The summed E-state index contributed by atoms with van der Waals surface area (Å²) in [7, 11) is -2.34. The van der Waals surface area contributed by atoms with Gasteiger partial charge in [-0.15, -0.1) is 0 Å². The van der Waals surface area contributed by atoms with Crippen LogP contribution in [-0.2, 0) is 23.0 Å². The summed E-state index contributed by atoms with van der Waals surface area (Å²) in [4.78, 5) is 0.168. The summed E-state index contributed by atoms with van der Waals surface area (Å²) >= 11 is 0. The first-order chi connectivity index (χ1) is 16.3. The number of halogens is 1. The minimum atomic E-state index is -3.84. The summed E-state index contributed by atoms with van der Waals surface area (Å²) in [6.07, 6.45) is 3.86. The van der Waals surface area contributed by atoms with Crippen LogP contribution in [0.1, 0.15) is 18.1 Å². The molecule has 0 unspecified atom stereocenters. The zero-order valence-corrected chi connectivity index (χ0v) is 19.6. The van der Waals surface area contributed by atoms with Crippen molar-refractivity contribution in [2.75, 3.05) is 16.7 Å². The van der Waals surface area contributed by atoms with E-state index in [1.807, 2.05) is 13.0 Å². The quantitative estimate of drug-likeness (QED) is 0.333. The third-order valence-corrected chi connectivity index (χ3v) is 7.49. The second-order valence-corrected chi connectivity index (χ2v) is 9.71. The van der Waals surface area contributed by atoms with Gasteiger partial charge in [-0.3, -0.25) is 9.40 Å². The summed E-state index contributed by atoms with van der Waals surface area (Å²) in [6.45, 7) is 2.17. The molecule has 9 heteroatoms. The fourth-order valence-corrected chi connectivity index (χ4v) is 5.12. The van der Waals surface area contributed by atoms with Crippen LogP contribution < -0.4 is 9.62 Å². The van der Waals surface area contributed by atoms with Crippen LogP contribution in [-0.4, -0.2) is 30.8 Å². The highest BCUT2D eigenvalue weighted by molar-refractivity contribution is 7.92. The van der Waals surface area contributed by atoms with Gasteiger partial charge in [-0.25, -0.2) is 12.8 Å². The van der Waals surface area contributed by atoms with Crippen LogP contribution in [0.4, 0.5) is 15.8 Å². The summed E-state index contributed by atoms with van der Waals surface area (Å²) in [5, 5.41) is 19.8. The average molecular weight is 481 g/mol. The van der Waals surface area contributed by atoms with Gasteiger partial charge >= 0.3 is 0 Å². The summed E-state index contributed by atoms with van der Waals surface area (Å²) in [6, 6.07) is 16.2. The third-order valence-electron chi connectivity index (χ3n) is 5.70. The third kappa shape index (κ3) is 4.47. The van der Waals surface area contributed by atoms with Gasteiger partial charge in [0.1, 0.15) is 0 Å². The Morgan fingerprint density at radius 1 is 1.09 bits per heavy atom. The summed E-state index contributed by atoms with van der Waals surface area (Å²) in [5.74, 6) is -1.16. The van der Waals surface area contributed by atoms with Crippen molar-refractivity contribution in [3.8, 4) is 16.9 Å². The molecule has 3 aromatic carbocycles.